The van der Waals surface area contributed by atoms with Gasteiger partial charge in [0.2, 0.25) is 0 Å². The average molecular weight is 203 g/mol. The van der Waals surface area contributed by atoms with Crippen LogP contribution in [0.2, 0.25) is 0 Å². The summed E-state index contributed by atoms with van der Waals surface area (Å²) >= 11 is 6.31. The van der Waals surface area contributed by atoms with Crippen molar-refractivity contribution >= 4 is 11.6 Å². The number of hydrogen-bond donors (Lipinski definition) is 0. The fraction of sp³-hybridized carbons (Fsp3) is 1.00. The summed E-state index contributed by atoms with van der Waals surface area (Å²) in [5.41, 5.74) is 0. The molecule has 2 heteroatoms. The SMILES string of the molecule is ClC1CCCCC1CC1CCCO1. The zero-order chi connectivity index (χ0) is 9.10. The highest BCUT2D eigenvalue weighted by Crippen LogP contribution is 2.34. The minimum atomic E-state index is 0.429. The van der Waals surface area contributed by atoms with Crippen molar-refractivity contribution < 1.29 is 4.74 Å². The molecule has 1 nitrogen and oxygen atoms in total. The first-order chi connectivity index (χ1) is 6.36. The van der Waals surface area contributed by atoms with Gasteiger partial charge in [0.25, 0.3) is 0 Å². The minimum Gasteiger partial charge on any atom is -0.378 e. The molecule has 2 rings (SSSR count). The molecule has 3 atom stereocenters. The molecule has 0 aromatic carbocycles. The van der Waals surface area contributed by atoms with Crippen LogP contribution in [0.3, 0.4) is 0 Å². The maximum atomic E-state index is 6.31. The highest BCUT2D eigenvalue weighted by molar-refractivity contribution is 6.20. The van der Waals surface area contributed by atoms with Gasteiger partial charge in [0.1, 0.15) is 0 Å². The van der Waals surface area contributed by atoms with Crippen molar-refractivity contribution in [2.45, 2.75) is 56.4 Å². The Labute approximate surface area is 85.8 Å². The Bertz CT molecular complexity index is 154. The molecule has 1 saturated carbocycles. The third-order valence-corrected chi connectivity index (χ3v) is 3.98. The van der Waals surface area contributed by atoms with Gasteiger partial charge in [-0.25, -0.2) is 0 Å². The van der Waals surface area contributed by atoms with Gasteiger partial charge in [-0.15, -0.1) is 11.6 Å². The quantitative estimate of drug-likeness (QED) is 0.624. The molecule has 0 spiro atoms. The summed E-state index contributed by atoms with van der Waals surface area (Å²) in [6, 6.07) is 0. The van der Waals surface area contributed by atoms with Gasteiger partial charge in [0, 0.05) is 12.0 Å². The van der Waals surface area contributed by atoms with E-state index in [1.54, 1.807) is 0 Å². The maximum Gasteiger partial charge on any atom is 0.0579 e. The van der Waals surface area contributed by atoms with Gasteiger partial charge >= 0.3 is 0 Å². The van der Waals surface area contributed by atoms with Crippen LogP contribution in [-0.2, 0) is 4.74 Å². The van der Waals surface area contributed by atoms with Gasteiger partial charge in [0.05, 0.1) is 6.10 Å². The predicted molar refractivity (Wildman–Crippen MR) is 55.2 cm³/mol. The first-order valence-electron chi connectivity index (χ1n) is 5.62. The molecule has 2 aliphatic rings. The van der Waals surface area contributed by atoms with E-state index < -0.39 is 0 Å². The molecule has 0 aromatic rings. The van der Waals surface area contributed by atoms with Crippen molar-refractivity contribution in [2.24, 2.45) is 5.92 Å². The topological polar surface area (TPSA) is 9.23 Å². The molecule has 3 unspecified atom stereocenters. The fourth-order valence-electron chi connectivity index (χ4n) is 2.60. The smallest absolute Gasteiger partial charge is 0.0579 e. The molecule has 1 aliphatic carbocycles. The molecule has 1 saturated heterocycles. The third-order valence-electron chi connectivity index (χ3n) is 3.41. The maximum absolute atomic E-state index is 6.31. The lowest BCUT2D eigenvalue weighted by Gasteiger charge is -2.28. The number of ether oxygens (including phenoxy) is 1. The second-order valence-corrected chi connectivity index (χ2v) is 4.99. The molecule has 76 valence electrons. The number of hydrogen-bond acceptors (Lipinski definition) is 1. The van der Waals surface area contributed by atoms with Gasteiger partial charge in [-0.1, -0.05) is 12.8 Å². The predicted octanol–water partition coefficient (Wildman–Crippen LogP) is 3.35. The summed E-state index contributed by atoms with van der Waals surface area (Å²) in [5.74, 6) is 0.735. The van der Waals surface area contributed by atoms with Crippen molar-refractivity contribution in [3.8, 4) is 0 Å². The van der Waals surface area contributed by atoms with Crippen LogP contribution in [-0.4, -0.2) is 18.1 Å². The third kappa shape index (κ3) is 2.60. The summed E-state index contributed by atoms with van der Waals surface area (Å²) in [7, 11) is 0. The van der Waals surface area contributed by atoms with Crippen LogP contribution < -0.4 is 0 Å². The molecular formula is C11H19ClO. The first-order valence-corrected chi connectivity index (χ1v) is 6.05. The van der Waals surface area contributed by atoms with Crippen molar-refractivity contribution in [1.82, 2.24) is 0 Å². The van der Waals surface area contributed by atoms with Crippen LogP contribution in [0.1, 0.15) is 44.9 Å². The Balaban J connectivity index is 1.78. The standard InChI is InChI=1S/C11H19ClO/c12-11-6-2-1-4-9(11)8-10-5-3-7-13-10/h9-11H,1-8H2. The van der Waals surface area contributed by atoms with Gasteiger partial charge in [0.15, 0.2) is 0 Å². The Morgan fingerprint density at radius 1 is 1.08 bits per heavy atom. The van der Waals surface area contributed by atoms with Crippen LogP contribution in [0.15, 0.2) is 0 Å². The van der Waals surface area contributed by atoms with Crippen LogP contribution in [0, 0.1) is 5.92 Å². The summed E-state index contributed by atoms with van der Waals surface area (Å²) in [6.07, 6.45) is 9.52. The summed E-state index contributed by atoms with van der Waals surface area (Å²) in [5, 5.41) is 0.429. The average Bonchev–Trinajstić information content (AvgIpc) is 2.61. The van der Waals surface area contributed by atoms with Gasteiger partial charge in [-0.3, -0.25) is 0 Å². The number of alkyl halides is 1. The fourth-order valence-corrected chi connectivity index (χ4v) is 2.98. The lowest BCUT2D eigenvalue weighted by atomic mass is 9.84. The van der Waals surface area contributed by atoms with Gasteiger partial charge in [-0.2, -0.15) is 0 Å². The number of halogens is 1. The molecule has 0 bridgehead atoms. The van der Waals surface area contributed by atoms with E-state index in [1.807, 2.05) is 0 Å². The first kappa shape index (κ1) is 9.79. The van der Waals surface area contributed by atoms with E-state index in [9.17, 15) is 0 Å². The second-order valence-electron chi connectivity index (χ2n) is 4.43. The molecule has 0 N–H and O–H groups in total. The summed E-state index contributed by atoms with van der Waals surface area (Å²) in [4.78, 5) is 0. The van der Waals surface area contributed by atoms with Crippen LogP contribution in [0.25, 0.3) is 0 Å². The zero-order valence-corrected chi connectivity index (χ0v) is 8.93. The van der Waals surface area contributed by atoms with Gasteiger partial charge < -0.3 is 4.74 Å². The largest absolute Gasteiger partial charge is 0.378 e. The molecule has 2 fully saturated rings. The molecule has 1 aliphatic heterocycles. The van der Waals surface area contributed by atoms with E-state index in [2.05, 4.69) is 0 Å². The van der Waals surface area contributed by atoms with E-state index >= 15 is 0 Å². The normalized spacial score (nSPS) is 40.8. The van der Waals surface area contributed by atoms with E-state index in [0.29, 0.717) is 11.5 Å². The highest BCUT2D eigenvalue weighted by atomic mass is 35.5. The molecule has 0 aromatic heterocycles. The van der Waals surface area contributed by atoms with E-state index in [4.69, 9.17) is 16.3 Å². The van der Waals surface area contributed by atoms with Crippen LogP contribution in [0.4, 0.5) is 0 Å². The van der Waals surface area contributed by atoms with E-state index in [-0.39, 0.29) is 0 Å². The van der Waals surface area contributed by atoms with E-state index in [0.717, 1.165) is 12.5 Å². The molecule has 13 heavy (non-hydrogen) atoms. The minimum absolute atomic E-state index is 0.429. The highest BCUT2D eigenvalue weighted by Gasteiger charge is 2.27. The molecule has 1 heterocycles. The number of rotatable bonds is 2. The zero-order valence-electron chi connectivity index (χ0n) is 8.18. The second kappa shape index (κ2) is 4.65. The van der Waals surface area contributed by atoms with Crippen molar-refractivity contribution in [3.05, 3.63) is 0 Å². The lowest BCUT2D eigenvalue weighted by Crippen LogP contribution is -2.24. The van der Waals surface area contributed by atoms with Crippen molar-refractivity contribution in [2.75, 3.05) is 6.61 Å². The molecule has 0 amide bonds. The molecule has 0 radical (unpaired) electrons. The van der Waals surface area contributed by atoms with E-state index in [1.165, 1.54) is 44.9 Å². The Kier molecular flexibility index (Phi) is 3.51. The van der Waals surface area contributed by atoms with Crippen LogP contribution in [0.5, 0.6) is 0 Å². The van der Waals surface area contributed by atoms with Crippen molar-refractivity contribution in [3.63, 3.8) is 0 Å². The Morgan fingerprint density at radius 2 is 1.92 bits per heavy atom. The van der Waals surface area contributed by atoms with Crippen LogP contribution >= 0.6 is 11.6 Å². The Hall–Kier alpha value is 0.250. The van der Waals surface area contributed by atoms with Crippen molar-refractivity contribution in [1.29, 1.82) is 0 Å². The monoisotopic (exact) mass is 202 g/mol. The Morgan fingerprint density at radius 3 is 2.62 bits per heavy atom. The lowest BCUT2D eigenvalue weighted by molar-refractivity contribution is 0.0839. The summed E-state index contributed by atoms with van der Waals surface area (Å²) < 4.78 is 5.65. The molecular weight excluding hydrogens is 184 g/mol. The van der Waals surface area contributed by atoms with Gasteiger partial charge in [-0.05, 0) is 38.0 Å². The summed E-state index contributed by atoms with van der Waals surface area (Å²) in [6.45, 7) is 0.977.